The SMILES string of the molecule is F.F.F.F.F.F.N.[TeH7+5]. The molecule has 0 spiro atoms. The van der Waals surface area contributed by atoms with Crippen molar-refractivity contribution in [1.82, 2.24) is 6.15 Å². The molecule has 0 saturated carbocycles. The predicted octanol–water partition coefficient (Wildman–Crippen LogP) is -1.18. The number of hydrogen-bond donors (Lipinski definition) is 1. The van der Waals surface area contributed by atoms with Gasteiger partial charge in [0.25, 0.3) is 0 Å². The maximum atomic E-state index is 0. The molecule has 8 heteroatoms. The van der Waals surface area contributed by atoms with E-state index in [4.69, 9.17) is 0 Å². The van der Waals surface area contributed by atoms with Crippen LogP contribution in [0.3, 0.4) is 0 Å². The molecular formula is H16F6NTe+5. The Kier molecular flexibility index (Phi) is 1390000. The van der Waals surface area contributed by atoms with Crippen LogP contribution in [0.2, 0.25) is 0 Å². The van der Waals surface area contributed by atoms with E-state index in [2.05, 4.69) is 0 Å². The summed E-state index contributed by atoms with van der Waals surface area (Å²) >= 11 is 0. The summed E-state index contributed by atoms with van der Waals surface area (Å²) in [4.78, 5) is 0. The molecule has 8 heavy (non-hydrogen) atoms. The van der Waals surface area contributed by atoms with Gasteiger partial charge in [-0.1, -0.05) is 0 Å². The van der Waals surface area contributed by atoms with Gasteiger partial charge in [0.2, 0.25) is 0 Å². The van der Waals surface area contributed by atoms with Crippen LogP contribution in [0.15, 0.2) is 0 Å². The summed E-state index contributed by atoms with van der Waals surface area (Å²) in [5.41, 5.74) is 0. The van der Waals surface area contributed by atoms with Gasteiger partial charge in [0.05, 0.1) is 0 Å². The van der Waals surface area contributed by atoms with E-state index in [9.17, 15) is 0 Å². The minimum absolute atomic E-state index is 0. The summed E-state index contributed by atoms with van der Waals surface area (Å²) in [7, 11) is 0. The van der Waals surface area contributed by atoms with Gasteiger partial charge in [-0.2, -0.15) is 0 Å². The van der Waals surface area contributed by atoms with Crippen LogP contribution in [-0.4, -0.2) is 23.7 Å². The fourth-order valence-electron chi connectivity index (χ4n) is 0. The van der Waals surface area contributed by atoms with Gasteiger partial charge < -0.3 is 6.15 Å². The van der Waals surface area contributed by atoms with Crippen molar-refractivity contribution in [3.05, 3.63) is 0 Å². The molecule has 0 fully saturated rings. The zero-order chi connectivity index (χ0) is 0. The van der Waals surface area contributed by atoms with E-state index in [-0.39, 0.29) is 58.0 Å². The van der Waals surface area contributed by atoms with Crippen LogP contribution < -0.4 is 6.15 Å². The van der Waals surface area contributed by atoms with E-state index in [0.29, 0.717) is 0 Å². The Labute approximate surface area is 58.7 Å². The van der Waals surface area contributed by atoms with Crippen molar-refractivity contribution in [2.24, 2.45) is 0 Å². The van der Waals surface area contributed by atoms with Gasteiger partial charge in [-0.25, -0.2) is 0 Å². The Balaban J connectivity index is 0. The van der Waals surface area contributed by atoms with Crippen LogP contribution in [0.25, 0.3) is 0 Å². The first-order valence-corrected chi connectivity index (χ1v) is 0. The zero-order valence-electron chi connectivity index (χ0n) is 3.16. The van der Waals surface area contributed by atoms with E-state index >= 15 is 0 Å². The first-order chi connectivity index (χ1) is 0. The monoisotopic (exact) mass is 274 g/mol. The third-order valence-corrected chi connectivity index (χ3v) is 0. The molecule has 1 nitrogen and oxygen atoms in total. The molecule has 0 aromatic carbocycles. The van der Waals surface area contributed by atoms with Crippen molar-refractivity contribution >= 4 is 23.7 Å². The van der Waals surface area contributed by atoms with Crippen LogP contribution >= 0.6 is 0 Å². The molecule has 0 rings (SSSR count). The van der Waals surface area contributed by atoms with Gasteiger partial charge >= 0.3 is 23.7 Å². The topological polar surface area (TPSA) is 35.0 Å². The van der Waals surface area contributed by atoms with Gasteiger partial charge in [-0.3, -0.25) is 28.2 Å². The molecule has 0 unspecified atom stereocenters. The fourth-order valence-corrected chi connectivity index (χ4v) is 0. The van der Waals surface area contributed by atoms with E-state index in [1.807, 2.05) is 0 Å². The van der Waals surface area contributed by atoms with Crippen LogP contribution in [0.5, 0.6) is 0 Å². The first kappa shape index (κ1) is 4120. The fraction of sp³-hybridized carbons (Fsp3) is 0. The number of hydrogen-bond acceptors (Lipinski definition) is 1. The summed E-state index contributed by atoms with van der Waals surface area (Å²) in [5, 5.41) is 0. The Bertz CT molecular complexity index is 8.49. The second kappa shape index (κ2) is 2700. The Hall–Kier alpha value is 0.330. The van der Waals surface area contributed by atoms with Gasteiger partial charge in [-0.05, 0) is 0 Å². The van der Waals surface area contributed by atoms with Crippen LogP contribution in [0, 0.1) is 0 Å². The molecule has 0 radical (unpaired) electrons. The average Bonchev–Trinajstić information content (AvgIpc) is 0. The number of rotatable bonds is 0. The third kappa shape index (κ3) is 1650. The third-order valence-electron chi connectivity index (χ3n) is 0. The standard InChI is InChI=1S/6FH.H3N.H7Te/h6*1H;1H3;1H7/q;;;;;;;+5. The molecule has 0 aliphatic rings. The van der Waals surface area contributed by atoms with E-state index < -0.39 is 0 Å². The molecule has 0 saturated heterocycles. The van der Waals surface area contributed by atoms with Gasteiger partial charge in [0.1, 0.15) is 0 Å². The maximum absolute atomic E-state index is 0. The van der Waals surface area contributed by atoms with Crippen LogP contribution in [-0.2, 0) is 0 Å². The van der Waals surface area contributed by atoms with Crippen molar-refractivity contribution in [2.75, 3.05) is 0 Å². The molecular weight excluding hydrogens is 256 g/mol. The molecule has 0 amide bonds. The van der Waals surface area contributed by atoms with Gasteiger partial charge in [0.15, 0.2) is 0 Å². The normalized spacial score (nSPS) is 0. The predicted molar refractivity (Wildman–Crippen MR) is 35.6 cm³/mol. The summed E-state index contributed by atoms with van der Waals surface area (Å²) in [6, 6.07) is 0. The Morgan fingerprint density at radius 3 is 0.375 bits per heavy atom. The Morgan fingerprint density at radius 2 is 0.375 bits per heavy atom. The minimum atomic E-state index is 0. The molecule has 0 bridgehead atoms. The summed E-state index contributed by atoms with van der Waals surface area (Å²) in [6.07, 6.45) is 0. The molecule has 64 valence electrons. The molecule has 0 atom stereocenters. The van der Waals surface area contributed by atoms with Crippen molar-refractivity contribution in [3.8, 4) is 0 Å². The molecule has 0 aliphatic carbocycles. The van der Waals surface area contributed by atoms with Crippen LogP contribution in [0.4, 0.5) is 28.2 Å². The molecule has 0 aromatic heterocycles. The average molecular weight is 272 g/mol. The van der Waals surface area contributed by atoms with Gasteiger partial charge in [-0.15, -0.1) is 0 Å². The van der Waals surface area contributed by atoms with Crippen molar-refractivity contribution in [2.45, 2.75) is 0 Å². The summed E-state index contributed by atoms with van der Waals surface area (Å²) < 4.78 is 0. The molecule has 0 aromatic rings. The second-order valence-corrected chi connectivity index (χ2v) is 0. The van der Waals surface area contributed by atoms with Crippen LogP contribution in [0.1, 0.15) is 0 Å². The second-order valence-electron chi connectivity index (χ2n) is 0. The first-order valence-electron chi connectivity index (χ1n) is 0. The quantitative estimate of drug-likeness (QED) is 0.437. The van der Waals surface area contributed by atoms with Gasteiger partial charge in [0, 0.05) is 0 Å². The molecule has 0 heterocycles. The van der Waals surface area contributed by atoms with Crippen molar-refractivity contribution < 1.29 is 28.2 Å². The summed E-state index contributed by atoms with van der Waals surface area (Å²) in [5.74, 6) is 0. The van der Waals surface area contributed by atoms with E-state index in [1.54, 1.807) is 0 Å². The molecule has 0 aliphatic heterocycles. The number of halogens is 6. The zero-order valence-corrected chi connectivity index (χ0v) is 3.16. The van der Waals surface area contributed by atoms with Crippen molar-refractivity contribution in [3.63, 3.8) is 0 Å². The van der Waals surface area contributed by atoms with E-state index in [0.717, 1.165) is 0 Å². The van der Waals surface area contributed by atoms with Crippen molar-refractivity contribution in [1.29, 1.82) is 0 Å². The molecule has 3 N–H and O–H groups in total. The Morgan fingerprint density at radius 1 is 0.375 bits per heavy atom. The summed E-state index contributed by atoms with van der Waals surface area (Å²) in [6.45, 7) is 0. The van der Waals surface area contributed by atoms with E-state index in [1.165, 1.54) is 0 Å².